The van der Waals surface area contributed by atoms with Gasteiger partial charge in [0.05, 0.1) is 0 Å². The highest BCUT2D eigenvalue weighted by molar-refractivity contribution is 5.81. The molecular weight excluding hydrogens is 150 g/mol. The summed E-state index contributed by atoms with van der Waals surface area (Å²) in [7, 11) is 0. The van der Waals surface area contributed by atoms with Crippen LogP contribution in [0.2, 0.25) is 0 Å². The molecule has 0 aliphatic heterocycles. The van der Waals surface area contributed by atoms with Gasteiger partial charge in [0.15, 0.2) is 0 Å². The highest BCUT2D eigenvalue weighted by Crippen LogP contribution is 2.09. The van der Waals surface area contributed by atoms with E-state index in [9.17, 15) is 4.79 Å². The Kier molecular flexibility index (Phi) is 1.47. The van der Waals surface area contributed by atoms with Crippen molar-refractivity contribution in [2.75, 3.05) is 0 Å². The minimum atomic E-state index is -0.0174. The molecule has 0 saturated carbocycles. The lowest BCUT2D eigenvalue weighted by Crippen LogP contribution is -2.03. The van der Waals surface area contributed by atoms with E-state index in [0.29, 0.717) is 0 Å². The monoisotopic (exact) mass is 159 g/mol. The third kappa shape index (κ3) is 1.01. The van der Waals surface area contributed by atoms with E-state index in [0.717, 1.165) is 16.3 Å². The SMILES string of the molecule is Cc1ccc2cc[nH]c(=O)c2c1. The van der Waals surface area contributed by atoms with Crippen molar-refractivity contribution in [2.24, 2.45) is 0 Å². The Hall–Kier alpha value is -1.57. The number of aromatic nitrogens is 1. The molecule has 60 valence electrons. The highest BCUT2D eigenvalue weighted by Gasteiger charge is 1.95. The van der Waals surface area contributed by atoms with E-state index in [-0.39, 0.29) is 5.56 Å². The van der Waals surface area contributed by atoms with Gasteiger partial charge in [0.25, 0.3) is 5.56 Å². The Morgan fingerprint density at radius 1 is 1.25 bits per heavy atom. The van der Waals surface area contributed by atoms with Gasteiger partial charge in [-0.25, -0.2) is 0 Å². The van der Waals surface area contributed by atoms with Crippen LogP contribution in [0.3, 0.4) is 0 Å². The van der Waals surface area contributed by atoms with Gasteiger partial charge in [-0.2, -0.15) is 0 Å². The first-order chi connectivity index (χ1) is 5.77. The molecule has 1 N–H and O–H groups in total. The fraction of sp³-hybridized carbons (Fsp3) is 0.100. The second kappa shape index (κ2) is 2.48. The molecular formula is C10H9NO. The Balaban J connectivity index is 2.98. The van der Waals surface area contributed by atoms with E-state index >= 15 is 0 Å². The maximum Gasteiger partial charge on any atom is 0.255 e. The summed E-state index contributed by atoms with van der Waals surface area (Å²) in [5, 5.41) is 1.75. The lowest BCUT2D eigenvalue weighted by molar-refractivity contribution is 1.27. The Labute approximate surface area is 69.9 Å². The lowest BCUT2D eigenvalue weighted by atomic mass is 10.1. The van der Waals surface area contributed by atoms with Gasteiger partial charge >= 0.3 is 0 Å². The molecule has 0 saturated heterocycles. The number of benzene rings is 1. The maximum atomic E-state index is 11.3. The molecule has 0 unspecified atom stereocenters. The number of fused-ring (bicyclic) bond motifs is 1. The average Bonchev–Trinajstić information content (AvgIpc) is 2.07. The van der Waals surface area contributed by atoms with Crippen LogP contribution in [-0.2, 0) is 0 Å². The Bertz CT molecular complexity index is 470. The van der Waals surface area contributed by atoms with Crippen LogP contribution >= 0.6 is 0 Å². The summed E-state index contributed by atoms with van der Waals surface area (Å²) in [5.74, 6) is 0. The van der Waals surface area contributed by atoms with Crippen molar-refractivity contribution in [1.82, 2.24) is 4.98 Å². The Morgan fingerprint density at radius 3 is 2.92 bits per heavy atom. The van der Waals surface area contributed by atoms with Crippen molar-refractivity contribution >= 4 is 10.8 Å². The van der Waals surface area contributed by atoms with Crippen LogP contribution in [0.25, 0.3) is 10.8 Å². The van der Waals surface area contributed by atoms with Crippen LogP contribution in [0, 0.1) is 6.92 Å². The molecule has 12 heavy (non-hydrogen) atoms. The Morgan fingerprint density at radius 2 is 2.08 bits per heavy atom. The van der Waals surface area contributed by atoms with E-state index in [1.807, 2.05) is 31.2 Å². The van der Waals surface area contributed by atoms with Gasteiger partial charge in [0, 0.05) is 11.6 Å². The second-order valence-electron chi connectivity index (χ2n) is 2.90. The van der Waals surface area contributed by atoms with Gasteiger partial charge in [-0.05, 0) is 24.4 Å². The van der Waals surface area contributed by atoms with E-state index in [1.165, 1.54) is 0 Å². The van der Waals surface area contributed by atoms with Gasteiger partial charge < -0.3 is 4.98 Å². The van der Waals surface area contributed by atoms with E-state index in [1.54, 1.807) is 6.20 Å². The molecule has 0 amide bonds. The quantitative estimate of drug-likeness (QED) is 0.625. The zero-order valence-corrected chi connectivity index (χ0v) is 6.79. The number of rotatable bonds is 0. The van der Waals surface area contributed by atoms with Crippen LogP contribution in [0.4, 0.5) is 0 Å². The molecule has 0 bridgehead atoms. The van der Waals surface area contributed by atoms with Crippen molar-refractivity contribution < 1.29 is 0 Å². The summed E-state index contributed by atoms with van der Waals surface area (Å²) >= 11 is 0. The number of pyridine rings is 1. The zero-order valence-electron chi connectivity index (χ0n) is 6.79. The molecule has 0 radical (unpaired) electrons. The summed E-state index contributed by atoms with van der Waals surface area (Å²) in [6, 6.07) is 7.76. The van der Waals surface area contributed by atoms with Crippen molar-refractivity contribution in [3.63, 3.8) is 0 Å². The first kappa shape index (κ1) is 7.10. The minimum Gasteiger partial charge on any atom is -0.329 e. The number of aromatic amines is 1. The molecule has 2 nitrogen and oxygen atoms in total. The molecule has 1 heterocycles. The molecule has 2 aromatic rings. The highest BCUT2D eigenvalue weighted by atomic mass is 16.1. The van der Waals surface area contributed by atoms with Crippen LogP contribution in [0.5, 0.6) is 0 Å². The molecule has 1 aromatic carbocycles. The maximum absolute atomic E-state index is 11.3. The third-order valence-electron chi connectivity index (χ3n) is 1.93. The number of aryl methyl sites for hydroxylation is 1. The summed E-state index contributed by atoms with van der Waals surface area (Å²) in [6.07, 6.45) is 1.67. The van der Waals surface area contributed by atoms with Crippen LogP contribution < -0.4 is 5.56 Å². The number of hydrogen-bond donors (Lipinski definition) is 1. The van der Waals surface area contributed by atoms with Crippen molar-refractivity contribution in [2.45, 2.75) is 6.92 Å². The van der Waals surface area contributed by atoms with Crippen LogP contribution in [0.1, 0.15) is 5.56 Å². The second-order valence-corrected chi connectivity index (χ2v) is 2.90. The normalized spacial score (nSPS) is 10.4. The third-order valence-corrected chi connectivity index (χ3v) is 1.93. The summed E-state index contributed by atoms with van der Waals surface area (Å²) in [5.41, 5.74) is 1.09. The molecule has 2 heteroatoms. The molecule has 0 aliphatic rings. The van der Waals surface area contributed by atoms with Crippen molar-refractivity contribution in [3.8, 4) is 0 Å². The predicted molar refractivity (Wildman–Crippen MR) is 49.3 cm³/mol. The van der Waals surface area contributed by atoms with Crippen LogP contribution in [-0.4, -0.2) is 4.98 Å². The van der Waals surface area contributed by atoms with Crippen molar-refractivity contribution in [1.29, 1.82) is 0 Å². The number of hydrogen-bond acceptors (Lipinski definition) is 1. The van der Waals surface area contributed by atoms with Gasteiger partial charge in [-0.1, -0.05) is 17.7 Å². The summed E-state index contributed by atoms with van der Waals surface area (Å²) in [4.78, 5) is 13.9. The summed E-state index contributed by atoms with van der Waals surface area (Å²) < 4.78 is 0. The zero-order chi connectivity index (χ0) is 8.55. The smallest absolute Gasteiger partial charge is 0.255 e. The van der Waals surface area contributed by atoms with Crippen molar-refractivity contribution in [3.05, 3.63) is 46.4 Å². The van der Waals surface area contributed by atoms with E-state index < -0.39 is 0 Å². The lowest BCUT2D eigenvalue weighted by Gasteiger charge is -1.96. The van der Waals surface area contributed by atoms with Gasteiger partial charge in [0.1, 0.15) is 0 Å². The van der Waals surface area contributed by atoms with Gasteiger partial charge in [0.2, 0.25) is 0 Å². The molecule has 0 fully saturated rings. The first-order valence-electron chi connectivity index (χ1n) is 3.85. The molecule has 0 atom stereocenters. The minimum absolute atomic E-state index is 0.0174. The fourth-order valence-corrected chi connectivity index (χ4v) is 1.30. The predicted octanol–water partition coefficient (Wildman–Crippen LogP) is 1.84. The average molecular weight is 159 g/mol. The molecule has 0 aliphatic carbocycles. The molecule has 1 aromatic heterocycles. The summed E-state index contributed by atoms with van der Waals surface area (Å²) in [6.45, 7) is 1.98. The molecule has 0 spiro atoms. The number of nitrogens with one attached hydrogen (secondary N) is 1. The standard InChI is InChI=1S/C10H9NO/c1-7-2-3-8-4-5-11-10(12)9(8)6-7/h2-6H,1H3,(H,11,12). The van der Waals surface area contributed by atoms with Gasteiger partial charge in [-0.3, -0.25) is 4.79 Å². The number of H-pyrrole nitrogens is 1. The molecule has 2 rings (SSSR count). The topological polar surface area (TPSA) is 32.9 Å². The van der Waals surface area contributed by atoms with Gasteiger partial charge in [-0.15, -0.1) is 0 Å². The van der Waals surface area contributed by atoms with Crippen LogP contribution in [0.15, 0.2) is 35.3 Å². The first-order valence-corrected chi connectivity index (χ1v) is 3.85. The van der Waals surface area contributed by atoms with E-state index in [4.69, 9.17) is 0 Å². The van der Waals surface area contributed by atoms with E-state index in [2.05, 4.69) is 4.98 Å². The fourth-order valence-electron chi connectivity index (χ4n) is 1.30. The largest absolute Gasteiger partial charge is 0.329 e.